The van der Waals surface area contributed by atoms with Gasteiger partial charge in [0.1, 0.15) is 0 Å². The summed E-state index contributed by atoms with van der Waals surface area (Å²) in [7, 11) is 3.59. The molecule has 33 heavy (non-hydrogen) atoms. The van der Waals surface area contributed by atoms with Crippen molar-refractivity contribution in [1.29, 1.82) is 0 Å². The van der Waals surface area contributed by atoms with Crippen LogP contribution in [-0.2, 0) is 24.1 Å². The second-order valence-electron chi connectivity index (χ2n) is 9.75. The maximum Gasteiger partial charge on any atom is 0.257 e. The molecule has 3 heterocycles. The molecule has 1 aromatic heterocycles. The lowest BCUT2D eigenvalue weighted by atomic mass is 9.91. The van der Waals surface area contributed by atoms with Gasteiger partial charge in [0, 0.05) is 65.3 Å². The van der Waals surface area contributed by atoms with Gasteiger partial charge in [-0.1, -0.05) is 24.6 Å². The lowest BCUT2D eigenvalue weighted by molar-refractivity contribution is 0.0784. The molecule has 7 nitrogen and oxygen atoms in total. The largest absolute Gasteiger partial charge is 0.380 e. The van der Waals surface area contributed by atoms with Gasteiger partial charge in [-0.25, -0.2) is 9.97 Å². The smallest absolute Gasteiger partial charge is 0.257 e. The second kappa shape index (κ2) is 9.77. The van der Waals surface area contributed by atoms with Crippen molar-refractivity contribution in [2.75, 3.05) is 45.2 Å². The number of carbonyl (C=O) groups excluding carboxylic acids is 1. The fourth-order valence-electron chi connectivity index (χ4n) is 5.27. The summed E-state index contributed by atoms with van der Waals surface area (Å²) in [5.41, 5.74) is 4.62. The average molecular weight is 450 g/mol. The van der Waals surface area contributed by atoms with Crippen molar-refractivity contribution in [1.82, 2.24) is 19.8 Å². The molecular weight excluding hydrogens is 414 g/mol. The van der Waals surface area contributed by atoms with Crippen molar-refractivity contribution in [3.8, 4) is 0 Å². The van der Waals surface area contributed by atoms with Crippen molar-refractivity contribution in [3.63, 3.8) is 0 Å². The van der Waals surface area contributed by atoms with E-state index in [-0.39, 0.29) is 12.0 Å². The molecule has 0 radical (unpaired) electrons. The summed E-state index contributed by atoms with van der Waals surface area (Å²) in [4.78, 5) is 28.4. The molecule has 0 N–H and O–H groups in total. The minimum atomic E-state index is -0.0520. The Balaban J connectivity index is 1.19. The number of fused-ring (bicyclic) bond motifs is 1. The number of carbonyl (C=O) groups is 1. The molecule has 7 heteroatoms. The van der Waals surface area contributed by atoms with Crippen LogP contribution in [0.4, 0.5) is 5.95 Å². The molecule has 2 aliphatic heterocycles. The number of benzene rings is 1. The van der Waals surface area contributed by atoms with Crippen LogP contribution in [0.3, 0.4) is 0 Å². The monoisotopic (exact) mass is 449 g/mol. The van der Waals surface area contributed by atoms with Crippen LogP contribution < -0.4 is 4.90 Å². The molecule has 1 amide bonds. The van der Waals surface area contributed by atoms with Crippen LogP contribution in [0.25, 0.3) is 0 Å². The fraction of sp³-hybridized carbons (Fsp3) is 0.577. The molecule has 5 rings (SSSR count). The Hall–Kier alpha value is -2.51. The van der Waals surface area contributed by atoms with E-state index in [1.165, 1.54) is 42.5 Å². The van der Waals surface area contributed by atoms with Crippen LogP contribution in [0.15, 0.2) is 30.6 Å². The molecule has 2 fully saturated rings. The third-order valence-corrected chi connectivity index (χ3v) is 7.61. The van der Waals surface area contributed by atoms with E-state index in [0.717, 1.165) is 44.9 Å². The third-order valence-electron chi connectivity index (χ3n) is 7.61. The number of nitrogens with zero attached hydrogens (tertiary/aromatic N) is 5. The van der Waals surface area contributed by atoms with Crippen LogP contribution >= 0.6 is 0 Å². The Labute approximate surface area is 196 Å². The maximum atomic E-state index is 13.0. The molecule has 1 saturated heterocycles. The van der Waals surface area contributed by atoms with E-state index >= 15 is 0 Å². The van der Waals surface area contributed by atoms with Gasteiger partial charge in [-0.2, -0.15) is 0 Å². The first-order chi connectivity index (χ1) is 16.1. The molecule has 2 aromatic rings. The SMILES string of the molecule is CO[C@H]1CCN(c2ncc(C(=O)N(C)Cc3ccc4c(c3)CCN(C3CCC3)CC4)cn2)C1. The molecule has 1 aliphatic carbocycles. The Morgan fingerprint density at radius 2 is 1.85 bits per heavy atom. The lowest BCUT2D eigenvalue weighted by Gasteiger charge is -2.36. The zero-order chi connectivity index (χ0) is 22.8. The standard InChI is InChI=1S/C26H35N5O2/c1-29(25(32)22-15-27-26(28-16-22)31-13-10-24(18-31)33-2)17-19-6-7-20-8-11-30(23-4-3-5-23)12-9-21(20)14-19/h6-7,14-16,23-24H,3-5,8-13,17-18H2,1-2H3/t24-/m0/s1. The van der Waals surface area contributed by atoms with E-state index in [1.807, 2.05) is 7.05 Å². The van der Waals surface area contributed by atoms with Gasteiger partial charge in [-0.15, -0.1) is 0 Å². The van der Waals surface area contributed by atoms with Crippen molar-refractivity contribution in [2.24, 2.45) is 0 Å². The predicted octanol–water partition coefficient (Wildman–Crippen LogP) is 2.93. The Morgan fingerprint density at radius 3 is 2.52 bits per heavy atom. The number of hydrogen-bond acceptors (Lipinski definition) is 6. The number of rotatable bonds is 6. The topological polar surface area (TPSA) is 61.8 Å². The lowest BCUT2D eigenvalue weighted by Crippen LogP contribution is -2.41. The van der Waals surface area contributed by atoms with Crippen LogP contribution in [0.5, 0.6) is 0 Å². The van der Waals surface area contributed by atoms with Gasteiger partial charge < -0.3 is 14.5 Å². The van der Waals surface area contributed by atoms with Crippen molar-refractivity contribution < 1.29 is 9.53 Å². The van der Waals surface area contributed by atoms with Crippen LogP contribution in [0.2, 0.25) is 0 Å². The number of anilines is 1. The summed E-state index contributed by atoms with van der Waals surface area (Å²) in [5.74, 6) is 0.610. The number of ether oxygens (including phenoxy) is 1. The van der Waals surface area contributed by atoms with Crippen LogP contribution in [-0.4, -0.2) is 78.2 Å². The average Bonchev–Trinajstić information content (AvgIpc) is 3.20. The van der Waals surface area contributed by atoms with E-state index in [2.05, 4.69) is 38.0 Å². The van der Waals surface area contributed by atoms with E-state index < -0.39 is 0 Å². The third kappa shape index (κ3) is 4.89. The van der Waals surface area contributed by atoms with Gasteiger partial charge in [0.15, 0.2) is 0 Å². The van der Waals surface area contributed by atoms with Crippen LogP contribution in [0.1, 0.15) is 52.7 Å². The van der Waals surface area contributed by atoms with E-state index in [4.69, 9.17) is 4.74 Å². The summed E-state index contributed by atoms with van der Waals surface area (Å²) in [5, 5.41) is 0. The number of amides is 1. The highest BCUT2D eigenvalue weighted by Gasteiger charge is 2.27. The van der Waals surface area contributed by atoms with Gasteiger partial charge in [0.25, 0.3) is 5.91 Å². The molecule has 1 atom stereocenters. The summed E-state index contributed by atoms with van der Waals surface area (Å²) in [6, 6.07) is 7.57. The number of hydrogen-bond donors (Lipinski definition) is 0. The Kier molecular flexibility index (Phi) is 6.60. The first-order valence-electron chi connectivity index (χ1n) is 12.3. The van der Waals surface area contributed by atoms with Crippen LogP contribution in [0, 0.1) is 0 Å². The second-order valence-corrected chi connectivity index (χ2v) is 9.75. The zero-order valence-electron chi connectivity index (χ0n) is 19.9. The van der Waals surface area contributed by atoms with Gasteiger partial charge in [-0.3, -0.25) is 9.69 Å². The molecular formula is C26H35N5O2. The quantitative estimate of drug-likeness (QED) is 0.676. The molecule has 1 aromatic carbocycles. The highest BCUT2D eigenvalue weighted by atomic mass is 16.5. The van der Waals surface area contributed by atoms with Crippen molar-refractivity contribution in [2.45, 2.75) is 57.2 Å². The zero-order valence-corrected chi connectivity index (χ0v) is 19.9. The first kappa shape index (κ1) is 22.3. The number of methoxy groups -OCH3 is 1. The molecule has 0 unspecified atom stereocenters. The minimum Gasteiger partial charge on any atom is -0.380 e. The van der Waals surface area contributed by atoms with E-state index in [9.17, 15) is 4.79 Å². The summed E-state index contributed by atoms with van der Waals surface area (Å²) >= 11 is 0. The highest BCUT2D eigenvalue weighted by Crippen LogP contribution is 2.28. The highest BCUT2D eigenvalue weighted by molar-refractivity contribution is 5.93. The molecule has 176 valence electrons. The summed E-state index contributed by atoms with van der Waals surface area (Å²) < 4.78 is 5.42. The summed E-state index contributed by atoms with van der Waals surface area (Å²) in [6.07, 6.45) is 10.8. The number of aromatic nitrogens is 2. The Morgan fingerprint density at radius 1 is 1.09 bits per heavy atom. The van der Waals surface area contributed by atoms with E-state index in [1.54, 1.807) is 24.4 Å². The molecule has 0 bridgehead atoms. The normalized spacial score (nSPS) is 21.4. The van der Waals surface area contributed by atoms with Gasteiger partial charge in [-0.05, 0) is 48.8 Å². The Bertz CT molecular complexity index is 975. The minimum absolute atomic E-state index is 0.0520. The molecule has 0 spiro atoms. The maximum absolute atomic E-state index is 13.0. The predicted molar refractivity (Wildman–Crippen MR) is 129 cm³/mol. The van der Waals surface area contributed by atoms with Crippen molar-refractivity contribution in [3.05, 3.63) is 52.8 Å². The summed E-state index contributed by atoms with van der Waals surface area (Å²) in [6.45, 7) is 4.58. The van der Waals surface area contributed by atoms with Crippen molar-refractivity contribution >= 4 is 11.9 Å². The van der Waals surface area contributed by atoms with Gasteiger partial charge in [0.2, 0.25) is 5.95 Å². The van der Waals surface area contributed by atoms with Gasteiger partial charge >= 0.3 is 0 Å². The van der Waals surface area contributed by atoms with Gasteiger partial charge in [0.05, 0.1) is 11.7 Å². The first-order valence-corrected chi connectivity index (χ1v) is 12.3. The fourth-order valence-corrected chi connectivity index (χ4v) is 5.27. The molecule has 1 saturated carbocycles. The van der Waals surface area contributed by atoms with E-state index in [0.29, 0.717) is 18.1 Å². The molecule has 3 aliphatic rings.